The van der Waals surface area contributed by atoms with Crippen LogP contribution in [0.15, 0.2) is 91.0 Å². The molecule has 0 saturated heterocycles. The van der Waals surface area contributed by atoms with Crippen LogP contribution in [0.3, 0.4) is 0 Å². The maximum absolute atomic E-state index is 6.20. The molecule has 0 amide bonds. The second-order valence-corrected chi connectivity index (χ2v) is 7.56. The lowest BCUT2D eigenvalue weighted by Crippen LogP contribution is -2.24. The summed E-state index contributed by atoms with van der Waals surface area (Å²) in [5.74, 6) is 2.52. The Morgan fingerprint density at radius 2 is 1.35 bits per heavy atom. The molecule has 31 heavy (non-hydrogen) atoms. The predicted molar refractivity (Wildman–Crippen MR) is 128 cm³/mol. The fraction of sp³-hybridized carbons (Fsp3) is 0.111. The van der Waals surface area contributed by atoms with E-state index >= 15 is 0 Å². The number of rotatable bonds is 4. The first kappa shape index (κ1) is 19.1. The molecule has 4 heteroatoms. The van der Waals surface area contributed by atoms with Crippen molar-refractivity contribution in [2.75, 3.05) is 31.0 Å². The van der Waals surface area contributed by atoms with Crippen LogP contribution < -0.4 is 19.3 Å². The Labute approximate surface area is 182 Å². The summed E-state index contributed by atoms with van der Waals surface area (Å²) in [4.78, 5) is 4.41. The van der Waals surface area contributed by atoms with Gasteiger partial charge in [0.15, 0.2) is 0 Å². The quantitative estimate of drug-likeness (QED) is 0.363. The lowest BCUT2D eigenvalue weighted by molar-refractivity contribution is 0.415. The number of ether oxygens (including phenoxy) is 2. The number of methoxy groups -OCH3 is 1. The molecule has 154 valence electrons. The minimum absolute atomic E-state index is 0.825. The molecule has 4 nitrogen and oxygen atoms in total. The van der Waals surface area contributed by atoms with Gasteiger partial charge in [-0.25, -0.2) is 0 Å². The molecule has 0 radical (unpaired) electrons. The first-order valence-corrected chi connectivity index (χ1v) is 10.3. The van der Waals surface area contributed by atoms with Crippen molar-refractivity contribution >= 4 is 22.7 Å². The molecule has 0 saturated carbocycles. The molecule has 0 atom stereocenters. The predicted octanol–water partition coefficient (Wildman–Crippen LogP) is 7.00. The number of hydrogen-bond acceptors (Lipinski definition) is 4. The van der Waals surface area contributed by atoms with Crippen LogP contribution >= 0.6 is 0 Å². The Bertz CT molecular complexity index is 1240. The van der Waals surface area contributed by atoms with Crippen LogP contribution in [0.1, 0.15) is 0 Å². The third kappa shape index (κ3) is 3.26. The molecule has 1 heterocycles. The largest absolute Gasteiger partial charge is 0.494 e. The minimum atomic E-state index is 0.825. The lowest BCUT2D eigenvalue weighted by Gasteiger charge is -2.37. The van der Waals surface area contributed by atoms with Crippen molar-refractivity contribution in [2.45, 2.75) is 0 Å². The normalized spacial score (nSPS) is 12.2. The Morgan fingerprint density at radius 3 is 2.16 bits per heavy atom. The van der Waals surface area contributed by atoms with Crippen LogP contribution in [0.2, 0.25) is 0 Å². The zero-order valence-electron chi connectivity index (χ0n) is 17.9. The van der Waals surface area contributed by atoms with Gasteiger partial charge in [0.2, 0.25) is 0 Å². The van der Waals surface area contributed by atoms with Crippen molar-refractivity contribution in [3.05, 3.63) is 91.0 Å². The van der Waals surface area contributed by atoms with E-state index in [1.165, 1.54) is 0 Å². The van der Waals surface area contributed by atoms with Gasteiger partial charge in [-0.05, 0) is 48.0 Å². The van der Waals surface area contributed by atoms with E-state index in [0.717, 1.165) is 51.1 Å². The van der Waals surface area contributed by atoms with Gasteiger partial charge in [-0.3, -0.25) is 0 Å². The molecule has 1 aliphatic heterocycles. The standard InChI is InChI=1S/C27H24N2O2/c1-28-23-13-9-15-26(30-3)27(23)29(2)22-17-16-19(18-24(22)28)21-12-7-8-14-25(21)31-20-10-5-4-6-11-20/h4-18H,1-3H3. The lowest BCUT2D eigenvalue weighted by atomic mass is 10.0. The Kier molecular flexibility index (Phi) is 4.75. The monoisotopic (exact) mass is 408 g/mol. The van der Waals surface area contributed by atoms with Gasteiger partial charge in [0, 0.05) is 19.7 Å². The maximum Gasteiger partial charge on any atom is 0.144 e. The molecule has 0 spiro atoms. The average molecular weight is 409 g/mol. The Balaban J connectivity index is 1.58. The molecule has 1 aliphatic rings. The number of benzene rings is 4. The van der Waals surface area contributed by atoms with E-state index in [9.17, 15) is 0 Å². The van der Waals surface area contributed by atoms with Gasteiger partial charge in [0.1, 0.15) is 22.9 Å². The third-order valence-corrected chi connectivity index (χ3v) is 5.76. The summed E-state index contributed by atoms with van der Waals surface area (Å²) in [6.07, 6.45) is 0. The van der Waals surface area contributed by atoms with Crippen molar-refractivity contribution in [1.29, 1.82) is 0 Å². The van der Waals surface area contributed by atoms with Crippen LogP contribution in [0.4, 0.5) is 22.7 Å². The van der Waals surface area contributed by atoms with E-state index in [0.29, 0.717) is 0 Å². The van der Waals surface area contributed by atoms with Crippen LogP contribution in [0.5, 0.6) is 17.2 Å². The molecular weight excluding hydrogens is 384 g/mol. The summed E-state index contributed by atoms with van der Waals surface area (Å²) in [7, 11) is 5.89. The van der Waals surface area contributed by atoms with E-state index < -0.39 is 0 Å². The summed E-state index contributed by atoms with van der Waals surface area (Å²) < 4.78 is 11.8. The fourth-order valence-corrected chi connectivity index (χ4v) is 4.19. The van der Waals surface area contributed by atoms with E-state index in [-0.39, 0.29) is 0 Å². The fourth-order valence-electron chi connectivity index (χ4n) is 4.19. The summed E-state index contributed by atoms with van der Waals surface area (Å²) >= 11 is 0. The third-order valence-electron chi connectivity index (χ3n) is 5.76. The van der Waals surface area contributed by atoms with Crippen molar-refractivity contribution in [3.8, 4) is 28.4 Å². The van der Waals surface area contributed by atoms with Crippen LogP contribution in [-0.2, 0) is 0 Å². The van der Waals surface area contributed by atoms with E-state index in [1.54, 1.807) is 7.11 Å². The summed E-state index contributed by atoms with van der Waals surface area (Å²) in [6.45, 7) is 0. The highest BCUT2D eigenvalue weighted by molar-refractivity contribution is 5.96. The highest BCUT2D eigenvalue weighted by Crippen LogP contribution is 2.51. The maximum atomic E-state index is 6.20. The molecular formula is C27H24N2O2. The van der Waals surface area contributed by atoms with Gasteiger partial charge >= 0.3 is 0 Å². The summed E-state index contributed by atoms with van der Waals surface area (Å²) in [5.41, 5.74) is 6.61. The van der Waals surface area contributed by atoms with Crippen LogP contribution in [-0.4, -0.2) is 21.2 Å². The van der Waals surface area contributed by atoms with E-state index in [2.05, 4.69) is 54.2 Å². The van der Waals surface area contributed by atoms with Crippen molar-refractivity contribution < 1.29 is 9.47 Å². The van der Waals surface area contributed by atoms with Crippen molar-refractivity contribution in [3.63, 3.8) is 0 Å². The number of para-hydroxylation sites is 3. The van der Waals surface area contributed by atoms with Gasteiger partial charge in [-0.15, -0.1) is 0 Å². The highest BCUT2D eigenvalue weighted by Gasteiger charge is 2.27. The smallest absolute Gasteiger partial charge is 0.144 e. The number of anilines is 4. The van der Waals surface area contributed by atoms with Gasteiger partial charge in [0.25, 0.3) is 0 Å². The molecule has 0 N–H and O–H groups in total. The zero-order valence-corrected chi connectivity index (χ0v) is 17.9. The van der Waals surface area contributed by atoms with Gasteiger partial charge in [0.05, 0.1) is 24.2 Å². The highest BCUT2D eigenvalue weighted by atomic mass is 16.5. The minimum Gasteiger partial charge on any atom is -0.494 e. The van der Waals surface area contributed by atoms with Crippen LogP contribution in [0, 0.1) is 0 Å². The summed E-state index contributed by atoms with van der Waals surface area (Å²) in [6, 6.07) is 30.7. The molecule has 5 rings (SSSR count). The van der Waals surface area contributed by atoms with Gasteiger partial charge < -0.3 is 19.3 Å². The SMILES string of the molecule is COc1cccc2c1N(C)c1ccc(-c3ccccc3Oc3ccccc3)cc1N2C. The number of nitrogens with zero attached hydrogens (tertiary/aromatic N) is 2. The average Bonchev–Trinajstić information content (AvgIpc) is 2.82. The first-order chi connectivity index (χ1) is 15.2. The van der Waals surface area contributed by atoms with Crippen molar-refractivity contribution in [1.82, 2.24) is 0 Å². The molecule has 0 aromatic heterocycles. The second-order valence-electron chi connectivity index (χ2n) is 7.56. The van der Waals surface area contributed by atoms with Crippen molar-refractivity contribution in [2.24, 2.45) is 0 Å². The zero-order chi connectivity index (χ0) is 21.4. The van der Waals surface area contributed by atoms with Crippen LogP contribution in [0.25, 0.3) is 11.1 Å². The molecule has 0 aliphatic carbocycles. The topological polar surface area (TPSA) is 24.9 Å². The summed E-state index contributed by atoms with van der Waals surface area (Å²) in [5, 5.41) is 0. The molecule has 4 aromatic rings. The number of hydrogen-bond donors (Lipinski definition) is 0. The molecule has 0 bridgehead atoms. The Hall–Kier alpha value is -3.92. The molecule has 0 unspecified atom stereocenters. The van der Waals surface area contributed by atoms with E-state index in [4.69, 9.17) is 9.47 Å². The first-order valence-electron chi connectivity index (χ1n) is 10.3. The van der Waals surface area contributed by atoms with E-state index in [1.807, 2.05) is 60.7 Å². The number of fused-ring (bicyclic) bond motifs is 2. The van der Waals surface area contributed by atoms with Gasteiger partial charge in [-0.1, -0.05) is 48.5 Å². The molecule has 0 fully saturated rings. The Morgan fingerprint density at radius 1 is 0.613 bits per heavy atom. The molecule has 4 aromatic carbocycles. The second kappa shape index (κ2) is 7.73. The van der Waals surface area contributed by atoms with Gasteiger partial charge in [-0.2, -0.15) is 0 Å².